The van der Waals surface area contributed by atoms with E-state index < -0.39 is 10.2 Å². The van der Waals surface area contributed by atoms with Gasteiger partial charge < -0.3 is 4.74 Å². The highest BCUT2D eigenvalue weighted by atomic mass is 32.2. The topological polar surface area (TPSA) is 86.5 Å². The van der Waals surface area contributed by atoms with E-state index in [2.05, 4.69) is 4.98 Å². The summed E-state index contributed by atoms with van der Waals surface area (Å²) in [6.45, 7) is 1.81. The first kappa shape index (κ1) is 15.9. The molecule has 0 unspecified atom stereocenters. The number of pyridine rings is 1. The van der Waals surface area contributed by atoms with Crippen molar-refractivity contribution in [2.45, 2.75) is 13.0 Å². The van der Waals surface area contributed by atoms with E-state index in [-0.39, 0.29) is 19.5 Å². The molecule has 0 aromatic carbocycles. The Balaban J connectivity index is 2.16. The van der Waals surface area contributed by atoms with Crippen LogP contribution in [0.3, 0.4) is 0 Å². The second-order valence-corrected chi connectivity index (χ2v) is 6.51. The van der Waals surface area contributed by atoms with Crippen molar-refractivity contribution in [1.82, 2.24) is 13.6 Å². The van der Waals surface area contributed by atoms with Crippen LogP contribution in [0.5, 0.6) is 0 Å². The zero-order valence-corrected chi connectivity index (χ0v) is 12.5. The summed E-state index contributed by atoms with van der Waals surface area (Å²) in [6.07, 6.45) is 1.77. The SMILES string of the molecule is N#CCCN(Cc1ccccn1)S(=O)(=O)N1CCOCC1. The van der Waals surface area contributed by atoms with Gasteiger partial charge in [0.25, 0.3) is 10.2 Å². The molecule has 0 amide bonds. The first-order chi connectivity index (χ1) is 10.1. The number of rotatable bonds is 6. The third-order valence-corrected chi connectivity index (χ3v) is 5.14. The van der Waals surface area contributed by atoms with Crippen LogP contribution < -0.4 is 0 Å². The van der Waals surface area contributed by atoms with Crippen molar-refractivity contribution in [3.05, 3.63) is 30.1 Å². The molecule has 1 aromatic heterocycles. The number of aromatic nitrogens is 1. The van der Waals surface area contributed by atoms with Crippen LogP contribution in [0.15, 0.2) is 24.4 Å². The maximum absolute atomic E-state index is 12.7. The second-order valence-electron chi connectivity index (χ2n) is 4.58. The van der Waals surface area contributed by atoms with Gasteiger partial charge in [0.15, 0.2) is 0 Å². The van der Waals surface area contributed by atoms with E-state index in [4.69, 9.17) is 10.00 Å². The van der Waals surface area contributed by atoms with Gasteiger partial charge in [-0.3, -0.25) is 4.98 Å². The van der Waals surface area contributed by atoms with Crippen molar-refractivity contribution >= 4 is 10.2 Å². The van der Waals surface area contributed by atoms with Crippen molar-refractivity contribution in [3.63, 3.8) is 0 Å². The Hall–Kier alpha value is -1.53. The highest BCUT2D eigenvalue weighted by Crippen LogP contribution is 2.14. The van der Waals surface area contributed by atoms with Crippen LogP contribution in [0.4, 0.5) is 0 Å². The first-order valence-corrected chi connectivity index (χ1v) is 8.14. The predicted octanol–water partition coefficient (Wildman–Crippen LogP) is 0.374. The van der Waals surface area contributed by atoms with E-state index in [0.717, 1.165) is 0 Å². The summed E-state index contributed by atoms with van der Waals surface area (Å²) in [5, 5.41) is 8.74. The third kappa shape index (κ3) is 4.22. The number of nitriles is 1. The van der Waals surface area contributed by atoms with Crippen LogP contribution in [0.1, 0.15) is 12.1 Å². The lowest BCUT2D eigenvalue weighted by Gasteiger charge is -2.31. The summed E-state index contributed by atoms with van der Waals surface area (Å²) in [6, 6.07) is 7.35. The molecule has 1 aliphatic heterocycles. The van der Waals surface area contributed by atoms with Crippen LogP contribution in [-0.2, 0) is 21.5 Å². The molecule has 0 spiro atoms. The van der Waals surface area contributed by atoms with E-state index in [1.165, 1.54) is 8.61 Å². The molecule has 1 aromatic rings. The zero-order valence-electron chi connectivity index (χ0n) is 11.7. The molecule has 1 aliphatic rings. The summed E-state index contributed by atoms with van der Waals surface area (Å²) in [5.74, 6) is 0. The van der Waals surface area contributed by atoms with Crippen LogP contribution in [0, 0.1) is 11.3 Å². The third-order valence-electron chi connectivity index (χ3n) is 3.16. The van der Waals surface area contributed by atoms with Gasteiger partial charge in [0.05, 0.1) is 31.5 Å². The van der Waals surface area contributed by atoms with Gasteiger partial charge in [-0.2, -0.15) is 22.3 Å². The van der Waals surface area contributed by atoms with Gasteiger partial charge in [0.2, 0.25) is 0 Å². The lowest BCUT2D eigenvalue weighted by molar-refractivity contribution is 0.0700. The lowest BCUT2D eigenvalue weighted by atomic mass is 10.3. The molecule has 0 bridgehead atoms. The van der Waals surface area contributed by atoms with Crippen molar-refractivity contribution in [3.8, 4) is 6.07 Å². The fourth-order valence-electron chi connectivity index (χ4n) is 2.06. The molecule has 8 heteroatoms. The summed E-state index contributed by atoms with van der Waals surface area (Å²) < 4.78 is 33.2. The minimum Gasteiger partial charge on any atom is -0.379 e. The minimum atomic E-state index is -3.60. The molecule has 7 nitrogen and oxygen atoms in total. The number of hydrogen-bond acceptors (Lipinski definition) is 5. The fraction of sp³-hybridized carbons (Fsp3) is 0.538. The maximum Gasteiger partial charge on any atom is 0.282 e. The van der Waals surface area contributed by atoms with Gasteiger partial charge >= 0.3 is 0 Å². The van der Waals surface area contributed by atoms with Crippen molar-refractivity contribution in [1.29, 1.82) is 5.26 Å². The van der Waals surface area contributed by atoms with Gasteiger partial charge in [0, 0.05) is 32.3 Å². The molecule has 0 aliphatic carbocycles. The van der Waals surface area contributed by atoms with Crippen LogP contribution in [-0.4, -0.2) is 54.9 Å². The Bertz CT molecular complexity index is 579. The van der Waals surface area contributed by atoms with Gasteiger partial charge in [-0.1, -0.05) is 6.07 Å². The van der Waals surface area contributed by atoms with E-state index in [1.54, 1.807) is 18.3 Å². The summed E-state index contributed by atoms with van der Waals surface area (Å²) >= 11 is 0. The molecule has 1 saturated heterocycles. The summed E-state index contributed by atoms with van der Waals surface area (Å²) in [7, 11) is -3.60. The molecule has 2 heterocycles. The number of hydrogen-bond donors (Lipinski definition) is 0. The van der Waals surface area contributed by atoms with Crippen molar-refractivity contribution in [2.24, 2.45) is 0 Å². The molecule has 0 N–H and O–H groups in total. The Morgan fingerprint density at radius 3 is 2.76 bits per heavy atom. The van der Waals surface area contributed by atoms with Crippen molar-refractivity contribution < 1.29 is 13.2 Å². The first-order valence-electron chi connectivity index (χ1n) is 6.74. The van der Waals surface area contributed by atoms with Crippen LogP contribution in [0.25, 0.3) is 0 Å². The van der Waals surface area contributed by atoms with Crippen LogP contribution in [0.2, 0.25) is 0 Å². The van der Waals surface area contributed by atoms with Crippen molar-refractivity contribution in [2.75, 3.05) is 32.8 Å². The average Bonchev–Trinajstić information content (AvgIpc) is 2.53. The zero-order chi connectivity index (χ0) is 15.1. The molecule has 1 fully saturated rings. The largest absolute Gasteiger partial charge is 0.379 e. The molecular weight excluding hydrogens is 292 g/mol. The average molecular weight is 310 g/mol. The van der Waals surface area contributed by atoms with Gasteiger partial charge in [0.1, 0.15) is 0 Å². The molecule has 21 heavy (non-hydrogen) atoms. The number of nitrogens with zero attached hydrogens (tertiary/aromatic N) is 4. The fourth-order valence-corrected chi connectivity index (χ4v) is 3.62. The summed E-state index contributed by atoms with van der Waals surface area (Å²) in [5.41, 5.74) is 0.660. The maximum atomic E-state index is 12.7. The molecular formula is C13H18N4O3S. The molecule has 2 rings (SSSR count). The Morgan fingerprint density at radius 1 is 1.38 bits per heavy atom. The Labute approximate surface area is 124 Å². The van der Waals surface area contributed by atoms with Gasteiger partial charge in [-0.05, 0) is 12.1 Å². The highest BCUT2D eigenvalue weighted by Gasteiger charge is 2.30. The van der Waals surface area contributed by atoms with E-state index in [0.29, 0.717) is 32.0 Å². The van der Waals surface area contributed by atoms with Crippen LogP contribution >= 0.6 is 0 Å². The monoisotopic (exact) mass is 310 g/mol. The van der Waals surface area contributed by atoms with Gasteiger partial charge in [-0.25, -0.2) is 0 Å². The molecule has 0 radical (unpaired) electrons. The Morgan fingerprint density at radius 2 is 2.14 bits per heavy atom. The lowest BCUT2D eigenvalue weighted by Crippen LogP contribution is -2.48. The molecule has 0 atom stereocenters. The Kier molecular flexibility index (Phi) is 5.64. The number of morpholine rings is 1. The summed E-state index contributed by atoms with van der Waals surface area (Å²) in [4.78, 5) is 4.15. The molecule has 0 saturated carbocycles. The smallest absolute Gasteiger partial charge is 0.282 e. The van der Waals surface area contributed by atoms with E-state index >= 15 is 0 Å². The van der Waals surface area contributed by atoms with Gasteiger partial charge in [-0.15, -0.1) is 0 Å². The highest BCUT2D eigenvalue weighted by molar-refractivity contribution is 7.86. The minimum absolute atomic E-state index is 0.149. The van der Waals surface area contributed by atoms with E-state index in [9.17, 15) is 8.42 Å². The second kappa shape index (κ2) is 7.47. The normalized spacial score (nSPS) is 16.8. The quantitative estimate of drug-likeness (QED) is 0.758. The van der Waals surface area contributed by atoms with E-state index in [1.807, 2.05) is 12.1 Å². The molecule has 114 valence electrons. The number of ether oxygens (including phenoxy) is 1. The standard InChI is InChI=1S/C13H18N4O3S/c14-5-3-7-17(12-13-4-1-2-6-15-13)21(18,19)16-8-10-20-11-9-16/h1-2,4,6H,3,7-12H2. The predicted molar refractivity (Wildman–Crippen MR) is 76.2 cm³/mol.